The van der Waals surface area contributed by atoms with Crippen LogP contribution in [0.15, 0.2) is 48.5 Å². The third-order valence-corrected chi connectivity index (χ3v) is 6.59. The summed E-state index contributed by atoms with van der Waals surface area (Å²) in [5.74, 6) is -0.701. The number of aliphatic carboxylic acids is 1. The second-order valence-electron chi connectivity index (χ2n) is 8.06. The fourth-order valence-electron chi connectivity index (χ4n) is 3.81. The lowest BCUT2D eigenvalue weighted by Crippen LogP contribution is -2.41. The van der Waals surface area contributed by atoms with Crippen molar-refractivity contribution in [2.75, 3.05) is 30.4 Å². The molecule has 1 aliphatic rings. The van der Waals surface area contributed by atoms with Crippen molar-refractivity contribution in [2.45, 2.75) is 36.6 Å². The number of benzene rings is 2. The minimum atomic E-state index is -1.01. The van der Waals surface area contributed by atoms with E-state index in [2.05, 4.69) is 28.6 Å². The highest BCUT2D eigenvalue weighted by molar-refractivity contribution is 7.98. The normalized spacial score (nSPS) is 18.8. The van der Waals surface area contributed by atoms with Gasteiger partial charge in [-0.1, -0.05) is 30.3 Å². The van der Waals surface area contributed by atoms with E-state index in [1.165, 1.54) is 0 Å². The van der Waals surface area contributed by atoms with E-state index < -0.39 is 12.0 Å². The number of hydrogen-bond acceptors (Lipinski definition) is 6. The number of rotatable bonds is 11. The Hall–Kier alpha value is -2.16. The molecule has 0 aromatic heterocycles. The van der Waals surface area contributed by atoms with Crippen LogP contribution in [0.2, 0.25) is 0 Å². The zero-order valence-corrected chi connectivity index (χ0v) is 19.9. The van der Waals surface area contributed by atoms with Gasteiger partial charge in [-0.15, -0.1) is 0 Å². The van der Waals surface area contributed by atoms with Crippen molar-refractivity contribution >= 4 is 42.0 Å². The number of carbonyl (C=O) groups is 2. The highest BCUT2D eigenvalue weighted by Crippen LogP contribution is 2.21. The zero-order valence-electron chi connectivity index (χ0n) is 18.2. The smallest absolute Gasteiger partial charge is 0.326 e. The highest BCUT2D eigenvalue weighted by Gasteiger charge is 2.23. The molecule has 6 nitrogen and oxygen atoms in total. The van der Waals surface area contributed by atoms with E-state index in [0.29, 0.717) is 35.4 Å². The first-order valence-electron chi connectivity index (χ1n) is 10.8. The van der Waals surface area contributed by atoms with Crippen LogP contribution in [-0.2, 0) is 11.2 Å². The van der Waals surface area contributed by atoms with Gasteiger partial charge in [0.15, 0.2) is 0 Å². The van der Waals surface area contributed by atoms with Crippen LogP contribution in [0.5, 0.6) is 0 Å². The van der Waals surface area contributed by atoms with E-state index in [4.69, 9.17) is 0 Å². The summed E-state index contributed by atoms with van der Waals surface area (Å²) in [5, 5.41) is 19.5. The van der Waals surface area contributed by atoms with Gasteiger partial charge in [0.2, 0.25) is 0 Å². The number of carboxylic acids is 1. The van der Waals surface area contributed by atoms with Crippen molar-refractivity contribution in [3.05, 3.63) is 65.2 Å². The van der Waals surface area contributed by atoms with Crippen LogP contribution in [-0.4, -0.2) is 59.4 Å². The number of carbonyl (C=O) groups excluding carboxylic acids is 1. The SMILES string of the molecule is CSCC[C@H](NC(=O)c1ccc(NC[C@@H]2C[C@H](S)CN2)cc1Cc1ccccc1)C(=O)O. The summed E-state index contributed by atoms with van der Waals surface area (Å²) < 4.78 is 0. The van der Waals surface area contributed by atoms with E-state index in [0.717, 1.165) is 36.3 Å². The van der Waals surface area contributed by atoms with Crippen LogP contribution >= 0.6 is 24.4 Å². The van der Waals surface area contributed by atoms with Crippen LogP contribution in [0.1, 0.15) is 34.3 Å². The van der Waals surface area contributed by atoms with Gasteiger partial charge in [-0.2, -0.15) is 24.4 Å². The van der Waals surface area contributed by atoms with E-state index >= 15 is 0 Å². The van der Waals surface area contributed by atoms with Crippen molar-refractivity contribution in [1.82, 2.24) is 10.6 Å². The molecule has 32 heavy (non-hydrogen) atoms. The Morgan fingerprint density at radius 3 is 2.69 bits per heavy atom. The molecule has 0 saturated carbocycles. The maximum Gasteiger partial charge on any atom is 0.326 e. The molecule has 1 saturated heterocycles. The van der Waals surface area contributed by atoms with Gasteiger partial charge in [0, 0.05) is 35.6 Å². The van der Waals surface area contributed by atoms with Crippen LogP contribution in [0, 0.1) is 0 Å². The number of hydrogen-bond donors (Lipinski definition) is 5. The molecule has 2 aromatic rings. The Labute approximate surface area is 199 Å². The molecule has 2 aromatic carbocycles. The third kappa shape index (κ3) is 7.18. The minimum Gasteiger partial charge on any atom is -0.480 e. The summed E-state index contributed by atoms with van der Waals surface area (Å²) in [6.45, 7) is 1.69. The van der Waals surface area contributed by atoms with E-state index in [1.807, 2.05) is 48.7 Å². The van der Waals surface area contributed by atoms with Gasteiger partial charge in [0.25, 0.3) is 5.91 Å². The van der Waals surface area contributed by atoms with Gasteiger partial charge in [-0.3, -0.25) is 4.79 Å². The summed E-state index contributed by atoms with van der Waals surface area (Å²) in [6, 6.07) is 15.1. The Balaban J connectivity index is 1.78. The lowest BCUT2D eigenvalue weighted by molar-refractivity contribution is -0.139. The van der Waals surface area contributed by atoms with Gasteiger partial charge in [-0.25, -0.2) is 4.79 Å². The van der Waals surface area contributed by atoms with Gasteiger partial charge in [0.1, 0.15) is 6.04 Å². The Morgan fingerprint density at radius 2 is 2.03 bits per heavy atom. The largest absolute Gasteiger partial charge is 0.480 e. The average Bonchev–Trinajstić information content (AvgIpc) is 3.20. The van der Waals surface area contributed by atoms with Crippen molar-refractivity contribution in [2.24, 2.45) is 0 Å². The first-order chi connectivity index (χ1) is 15.5. The van der Waals surface area contributed by atoms with E-state index in [9.17, 15) is 14.7 Å². The standard InChI is InChI=1S/C24H31N3O3S2/c1-32-10-9-22(24(29)30)27-23(28)21-8-7-18(25-14-19-13-20(31)15-26-19)12-17(21)11-16-5-3-2-4-6-16/h2-8,12,19-20,22,25-26,31H,9-11,13-15H2,1H3,(H,27,28)(H,29,30)/t19-,20-,22-/m0/s1. The molecular formula is C24H31N3O3S2. The number of anilines is 1. The fourth-order valence-corrected chi connectivity index (χ4v) is 4.64. The maximum atomic E-state index is 13.0. The number of thiol groups is 1. The third-order valence-electron chi connectivity index (χ3n) is 5.55. The molecule has 0 radical (unpaired) electrons. The second kappa shape index (κ2) is 12.2. The highest BCUT2D eigenvalue weighted by atomic mass is 32.2. The predicted molar refractivity (Wildman–Crippen MR) is 135 cm³/mol. The first kappa shape index (κ1) is 24.5. The quantitative estimate of drug-likeness (QED) is 0.322. The van der Waals surface area contributed by atoms with Crippen molar-refractivity contribution < 1.29 is 14.7 Å². The molecule has 172 valence electrons. The number of nitrogens with one attached hydrogen (secondary N) is 3. The van der Waals surface area contributed by atoms with E-state index in [-0.39, 0.29) is 5.91 Å². The lowest BCUT2D eigenvalue weighted by Gasteiger charge is -2.18. The zero-order chi connectivity index (χ0) is 22.9. The lowest BCUT2D eigenvalue weighted by atomic mass is 9.98. The maximum absolute atomic E-state index is 13.0. The Bertz CT molecular complexity index is 911. The molecule has 0 aliphatic carbocycles. The van der Waals surface area contributed by atoms with Crippen molar-refractivity contribution in [1.29, 1.82) is 0 Å². The molecule has 3 rings (SSSR count). The molecule has 4 N–H and O–H groups in total. The summed E-state index contributed by atoms with van der Waals surface area (Å²) in [4.78, 5) is 24.6. The first-order valence-corrected chi connectivity index (χ1v) is 12.7. The van der Waals surface area contributed by atoms with Crippen molar-refractivity contribution in [3.63, 3.8) is 0 Å². The number of thioether (sulfide) groups is 1. The molecule has 1 aliphatic heterocycles. The number of carboxylic acid groups (broad SMARTS) is 1. The topological polar surface area (TPSA) is 90.5 Å². The summed E-state index contributed by atoms with van der Waals surface area (Å²) in [7, 11) is 0. The molecule has 1 amide bonds. The van der Waals surface area contributed by atoms with Crippen LogP contribution < -0.4 is 16.0 Å². The molecule has 0 unspecified atom stereocenters. The minimum absolute atomic E-state index is 0.355. The molecule has 0 spiro atoms. The summed E-state index contributed by atoms with van der Waals surface area (Å²) in [6.07, 6.45) is 3.90. The molecule has 0 bridgehead atoms. The second-order valence-corrected chi connectivity index (χ2v) is 9.77. The van der Waals surface area contributed by atoms with E-state index in [1.54, 1.807) is 17.8 Å². The molecule has 8 heteroatoms. The van der Waals surface area contributed by atoms with Crippen LogP contribution in [0.3, 0.4) is 0 Å². The summed E-state index contributed by atoms with van der Waals surface area (Å²) >= 11 is 6.08. The molecular weight excluding hydrogens is 442 g/mol. The molecule has 3 atom stereocenters. The van der Waals surface area contributed by atoms with Gasteiger partial charge >= 0.3 is 5.97 Å². The Morgan fingerprint density at radius 1 is 1.25 bits per heavy atom. The van der Waals surface area contributed by atoms with Crippen molar-refractivity contribution in [3.8, 4) is 0 Å². The summed E-state index contributed by atoms with van der Waals surface area (Å²) in [5.41, 5.74) is 3.39. The van der Waals surface area contributed by atoms with Crippen LogP contribution in [0.4, 0.5) is 5.69 Å². The van der Waals surface area contributed by atoms with Gasteiger partial charge in [-0.05, 0) is 60.6 Å². The Kier molecular flexibility index (Phi) is 9.32. The van der Waals surface area contributed by atoms with Gasteiger partial charge in [0.05, 0.1) is 0 Å². The molecule has 1 heterocycles. The predicted octanol–water partition coefficient (Wildman–Crippen LogP) is 3.29. The van der Waals surface area contributed by atoms with Gasteiger partial charge < -0.3 is 21.1 Å². The monoisotopic (exact) mass is 473 g/mol. The number of amides is 1. The van der Waals surface area contributed by atoms with Crippen LogP contribution in [0.25, 0.3) is 0 Å². The molecule has 1 fully saturated rings. The average molecular weight is 474 g/mol. The fraction of sp³-hybridized carbons (Fsp3) is 0.417.